The van der Waals surface area contributed by atoms with Gasteiger partial charge in [0.25, 0.3) is 0 Å². The Morgan fingerprint density at radius 3 is 2.68 bits per heavy atom. The molecule has 0 bridgehead atoms. The first-order valence-electron chi connectivity index (χ1n) is 6.52. The molecule has 1 rings (SSSR count). The van der Waals surface area contributed by atoms with Gasteiger partial charge in [-0.25, -0.2) is 0 Å². The van der Waals surface area contributed by atoms with Gasteiger partial charge in [0.15, 0.2) is 0 Å². The predicted molar refractivity (Wildman–Crippen MR) is 75.3 cm³/mol. The first-order chi connectivity index (χ1) is 9.08. The lowest BCUT2D eigenvalue weighted by Crippen LogP contribution is -2.37. The minimum Gasteiger partial charge on any atom is -0.497 e. The van der Waals surface area contributed by atoms with Crippen LogP contribution in [0.25, 0.3) is 0 Å². The van der Waals surface area contributed by atoms with Gasteiger partial charge in [-0.2, -0.15) is 0 Å². The van der Waals surface area contributed by atoms with Gasteiger partial charge in [0.2, 0.25) is 0 Å². The van der Waals surface area contributed by atoms with Crippen molar-refractivity contribution in [1.82, 2.24) is 5.32 Å². The molecule has 0 aliphatic carbocycles. The molecule has 0 heterocycles. The van der Waals surface area contributed by atoms with Crippen molar-refractivity contribution in [3.05, 3.63) is 29.8 Å². The third kappa shape index (κ3) is 4.91. The molecule has 4 nitrogen and oxygen atoms in total. The number of rotatable bonds is 7. The van der Waals surface area contributed by atoms with Gasteiger partial charge in [-0.1, -0.05) is 19.1 Å². The maximum absolute atomic E-state index is 11.4. The van der Waals surface area contributed by atoms with Gasteiger partial charge in [0, 0.05) is 6.04 Å². The molecule has 0 aliphatic heterocycles. The zero-order chi connectivity index (χ0) is 14.3. The van der Waals surface area contributed by atoms with Crippen molar-refractivity contribution in [2.24, 2.45) is 5.92 Å². The molecule has 0 saturated carbocycles. The molecule has 1 aromatic rings. The summed E-state index contributed by atoms with van der Waals surface area (Å²) in [4.78, 5) is 11.4. The van der Waals surface area contributed by atoms with E-state index in [0.29, 0.717) is 0 Å². The maximum Gasteiger partial charge on any atom is 0.309 e. The highest BCUT2D eigenvalue weighted by molar-refractivity contribution is 5.72. The van der Waals surface area contributed by atoms with E-state index in [1.54, 1.807) is 7.11 Å². The fraction of sp³-hybridized carbons (Fsp3) is 0.533. The zero-order valence-electron chi connectivity index (χ0n) is 12.1. The molecule has 0 fully saturated rings. The van der Waals surface area contributed by atoms with Crippen molar-refractivity contribution < 1.29 is 14.3 Å². The number of hydrogen-bond acceptors (Lipinski definition) is 4. The number of methoxy groups -OCH3 is 2. The summed E-state index contributed by atoms with van der Waals surface area (Å²) in [6.45, 7) is 4.68. The number of hydrogen-bond donors (Lipinski definition) is 1. The molecule has 0 radical (unpaired) electrons. The van der Waals surface area contributed by atoms with Gasteiger partial charge < -0.3 is 14.8 Å². The van der Waals surface area contributed by atoms with Crippen molar-refractivity contribution in [3.63, 3.8) is 0 Å². The van der Waals surface area contributed by atoms with Crippen LogP contribution in [0.4, 0.5) is 0 Å². The average Bonchev–Trinajstić information content (AvgIpc) is 2.45. The van der Waals surface area contributed by atoms with Crippen LogP contribution in [0.2, 0.25) is 0 Å². The van der Waals surface area contributed by atoms with Gasteiger partial charge in [-0.3, -0.25) is 4.79 Å². The van der Waals surface area contributed by atoms with Gasteiger partial charge in [0.1, 0.15) is 5.75 Å². The number of esters is 1. The Kier molecular flexibility index (Phi) is 6.36. The van der Waals surface area contributed by atoms with Crippen LogP contribution in [-0.2, 0) is 16.0 Å². The van der Waals surface area contributed by atoms with E-state index in [1.807, 2.05) is 32.0 Å². The van der Waals surface area contributed by atoms with E-state index in [0.717, 1.165) is 18.7 Å². The normalized spacial score (nSPS) is 13.7. The van der Waals surface area contributed by atoms with E-state index < -0.39 is 0 Å². The number of carbonyl (C=O) groups is 1. The summed E-state index contributed by atoms with van der Waals surface area (Å²) in [5.41, 5.74) is 1.21. The van der Waals surface area contributed by atoms with E-state index in [9.17, 15) is 4.79 Å². The van der Waals surface area contributed by atoms with E-state index in [4.69, 9.17) is 9.47 Å². The number of ether oxygens (including phenoxy) is 2. The number of benzene rings is 1. The molecule has 0 aromatic heterocycles. The summed E-state index contributed by atoms with van der Waals surface area (Å²) in [6, 6.07) is 8.10. The van der Waals surface area contributed by atoms with Crippen molar-refractivity contribution in [1.29, 1.82) is 0 Å². The molecule has 1 aromatic carbocycles. The second kappa shape index (κ2) is 7.79. The first-order valence-corrected chi connectivity index (χ1v) is 6.52. The Morgan fingerprint density at radius 2 is 2.05 bits per heavy atom. The highest BCUT2D eigenvalue weighted by atomic mass is 16.5. The van der Waals surface area contributed by atoms with Crippen molar-refractivity contribution in [3.8, 4) is 5.75 Å². The summed E-state index contributed by atoms with van der Waals surface area (Å²) < 4.78 is 9.92. The molecule has 1 N–H and O–H groups in total. The Labute approximate surface area is 115 Å². The summed E-state index contributed by atoms with van der Waals surface area (Å²) in [7, 11) is 3.08. The quantitative estimate of drug-likeness (QED) is 0.766. The first kappa shape index (κ1) is 15.5. The predicted octanol–water partition coefficient (Wildman–Crippen LogP) is 2.02. The third-order valence-electron chi connectivity index (χ3n) is 3.34. The summed E-state index contributed by atoms with van der Waals surface area (Å²) in [5.74, 6) is 0.546. The molecule has 19 heavy (non-hydrogen) atoms. The smallest absolute Gasteiger partial charge is 0.309 e. The second-order valence-corrected chi connectivity index (χ2v) is 4.66. The van der Waals surface area contributed by atoms with Gasteiger partial charge in [-0.15, -0.1) is 0 Å². The van der Waals surface area contributed by atoms with Crippen LogP contribution in [0.1, 0.15) is 19.4 Å². The number of nitrogens with one attached hydrogen (secondary N) is 1. The standard InChI is InChI=1S/C15H23NO3/c1-11(15(17)19-4)12(2)16-9-8-13-6-5-7-14(10-13)18-3/h5-7,10-12,16H,8-9H2,1-4H3. The fourth-order valence-corrected chi connectivity index (χ4v) is 1.84. The van der Waals surface area contributed by atoms with Crippen LogP contribution in [0, 0.1) is 5.92 Å². The van der Waals surface area contributed by atoms with E-state index >= 15 is 0 Å². The Hall–Kier alpha value is -1.55. The molecule has 2 unspecified atom stereocenters. The van der Waals surface area contributed by atoms with Crippen LogP contribution in [0.3, 0.4) is 0 Å². The SMILES string of the molecule is COC(=O)C(C)C(C)NCCc1cccc(OC)c1. The summed E-state index contributed by atoms with van der Waals surface area (Å²) in [6.07, 6.45) is 0.898. The second-order valence-electron chi connectivity index (χ2n) is 4.66. The van der Waals surface area contributed by atoms with Gasteiger partial charge in [-0.05, 0) is 37.6 Å². The van der Waals surface area contributed by atoms with Gasteiger partial charge in [0.05, 0.1) is 20.1 Å². The molecule has 0 aliphatic rings. The minimum atomic E-state index is -0.179. The van der Waals surface area contributed by atoms with Crippen LogP contribution in [0.15, 0.2) is 24.3 Å². The summed E-state index contributed by atoms with van der Waals surface area (Å²) >= 11 is 0. The highest BCUT2D eigenvalue weighted by Crippen LogP contribution is 2.13. The lowest BCUT2D eigenvalue weighted by atomic mass is 10.0. The Bertz CT molecular complexity index is 406. The fourth-order valence-electron chi connectivity index (χ4n) is 1.84. The summed E-state index contributed by atoms with van der Waals surface area (Å²) in [5, 5.41) is 3.34. The molecule has 0 saturated heterocycles. The third-order valence-corrected chi connectivity index (χ3v) is 3.34. The maximum atomic E-state index is 11.4. The molecule has 0 spiro atoms. The van der Waals surface area contributed by atoms with Crippen LogP contribution < -0.4 is 10.1 Å². The molecule has 2 atom stereocenters. The number of carbonyl (C=O) groups excluding carboxylic acids is 1. The Morgan fingerprint density at radius 1 is 1.32 bits per heavy atom. The lowest BCUT2D eigenvalue weighted by molar-refractivity contribution is -0.145. The minimum absolute atomic E-state index is 0.0954. The molecule has 106 valence electrons. The van der Waals surface area contributed by atoms with E-state index in [1.165, 1.54) is 12.7 Å². The van der Waals surface area contributed by atoms with E-state index in [-0.39, 0.29) is 17.9 Å². The topological polar surface area (TPSA) is 47.6 Å². The van der Waals surface area contributed by atoms with Crippen LogP contribution in [-0.4, -0.2) is 32.8 Å². The largest absolute Gasteiger partial charge is 0.497 e. The molecule has 4 heteroatoms. The van der Waals surface area contributed by atoms with Crippen LogP contribution in [0.5, 0.6) is 5.75 Å². The van der Waals surface area contributed by atoms with E-state index in [2.05, 4.69) is 11.4 Å². The lowest BCUT2D eigenvalue weighted by Gasteiger charge is -2.19. The van der Waals surface area contributed by atoms with Crippen molar-refractivity contribution in [2.75, 3.05) is 20.8 Å². The highest BCUT2D eigenvalue weighted by Gasteiger charge is 2.19. The van der Waals surface area contributed by atoms with Crippen molar-refractivity contribution >= 4 is 5.97 Å². The zero-order valence-corrected chi connectivity index (χ0v) is 12.1. The van der Waals surface area contributed by atoms with Crippen molar-refractivity contribution in [2.45, 2.75) is 26.3 Å². The monoisotopic (exact) mass is 265 g/mol. The van der Waals surface area contributed by atoms with Crippen LogP contribution >= 0.6 is 0 Å². The molecule has 0 amide bonds. The molecular formula is C15H23NO3. The average molecular weight is 265 g/mol. The Balaban J connectivity index is 2.39. The van der Waals surface area contributed by atoms with Gasteiger partial charge >= 0.3 is 5.97 Å². The molecular weight excluding hydrogens is 242 g/mol.